The van der Waals surface area contributed by atoms with E-state index in [1.165, 1.54) is 35.4 Å². The average molecular weight is 755 g/mol. The van der Waals surface area contributed by atoms with Crippen molar-refractivity contribution < 1.29 is 43.2 Å². The number of fused-ring (bicyclic) bond motifs is 2. The molecule has 0 aromatic heterocycles. The highest BCUT2D eigenvalue weighted by atomic mass is 16.6. The van der Waals surface area contributed by atoms with Crippen molar-refractivity contribution in [3.8, 4) is 11.5 Å². The number of likely N-dealkylation sites (tertiary alicyclic amines) is 1. The number of likely N-dealkylation sites (N-methyl/N-ethyl adjacent to an activating group) is 2. The predicted octanol–water partition coefficient (Wildman–Crippen LogP) is -1.05. The van der Waals surface area contributed by atoms with Crippen LogP contribution in [-0.4, -0.2) is 128 Å². The van der Waals surface area contributed by atoms with Crippen LogP contribution in [0.5, 0.6) is 11.5 Å². The summed E-state index contributed by atoms with van der Waals surface area (Å²) in [4.78, 5) is 42.9. The van der Waals surface area contributed by atoms with E-state index >= 15 is 0 Å². The Morgan fingerprint density at radius 3 is 2.63 bits per heavy atom. The molecular formula is C39H62N8O7+2. The number of amides is 3. The van der Waals surface area contributed by atoms with E-state index in [1.54, 1.807) is 14.2 Å². The molecule has 5 aliphatic carbocycles. The van der Waals surface area contributed by atoms with E-state index in [2.05, 4.69) is 28.7 Å². The highest BCUT2D eigenvalue weighted by Gasteiger charge is 2.84. The smallest absolute Gasteiger partial charge is 0.415 e. The van der Waals surface area contributed by atoms with E-state index < -0.39 is 29.2 Å². The Bertz CT molecular complexity index is 1690. The summed E-state index contributed by atoms with van der Waals surface area (Å²) in [6.45, 7) is 6.59. The molecule has 15 nitrogen and oxygen atoms in total. The van der Waals surface area contributed by atoms with E-state index in [1.807, 2.05) is 19.9 Å². The van der Waals surface area contributed by atoms with Gasteiger partial charge in [-0.05, 0) is 70.4 Å². The lowest BCUT2D eigenvalue weighted by Crippen LogP contribution is -2.84. The first-order valence-electron chi connectivity index (χ1n) is 19.8. The first-order chi connectivity index (χ1) is 25.5. The van der Waals surface area contributed by atoms with Gasteiger partial charge in [0.25, 0.3) is 0 Å². The first-order valence-corrected chi connectivity index (χ1v) is 19.8. The van der Waals surface area contributed by atoms with Crippen molar-refractivity contribution in [1.82, 2.24) is 15.5 Å². The number of rotatable bonds is 15. The van der Waals surface area contributed by atoms with Crippen LogP contribution in [-0.2, 0) is 26.2 Å². The second-order valence-corrected chi connectivity index (χ2v) is 17.8. The summed E-state index contributed by atoms with van der Waals surface area (Å²) in [5.41, 5.74) is 16.8. The molecule has 0 radical (unpaired) electrons. The van der Waals surface area contributed by atoms with Crippen LogP contribution in [0.1, 0.15) is 76.3 Å². The second-order valence-electron chi connectivity index (χ2n) is 17.8. The van der Waals surface area contributed by atoms with Crippen molar-refractivity contribution >= 4 is 23.9 Å². The van der Waals surface area contributed by atoms with Crippen molar-refractivity contribution in [2.45, 2.75) is 106 Å². The molecule has 298 valence electrons. The van der Waals surface area contributed by atoms with Crippen LogP contribution in [0.25, 0.3) is 0 Å². The molecule has 10 N–H and O–H groups in total. The Morgan fingerprint density at radius 1 is 1.20 bits per heavy atom. The summed E-state index contributed by atoms with van der Waals surface area (Å²) in [5.74, 6) is 0.921. The van der Waals surface area contributed by atoms with Crippen LogP contribution in [0.3, 0.4) is 0 Å². The number of carbonyl (C=O) groups is 3. The van der Waals surface area contributed by atoms with Gasteiger partial charge in [0.2, 0.25) is 11.8 Å². The number of methoxy groups -OCH3 is 1. The first kappa shape index (κ1) is 38.6. The largest absolute Gasteiger partial charge is 0.482 e. The SMILES string of the molecule is CO[C@]12CC[C@@]3(C[C@@H]1C(C)(C)O)[C@@H]1Cc4ccc(OC(=O)N(C)CCNC(=O)[C@H](CCC[NH+]=C(N)N)NC(=O)CN)c5c4[C@@]3(CC[N+]1(C)CC1CC1)[C@H]2O5. The molecule has 54 heavy (non-hydrogen) atoms. The quantitative estimate of drug-likeness (QED) is 0.0499. The van der Waals surface area contributed by atoms with Gasteiger partial charge in [0.05, 0.1) is 50.3 Å². The maximum Gasteiger partial charge on any atom is 0.415 e. The highest BCUT2D eigenvalue weighted by Crippen LogP contribution is 2.78. The van der Waals surface area contributed by atoms with E-state index in [0.717, 1.165) is 49.0 Å². The molecule has 15 heteroatoms. The molecule has 5 fully saturated rings. The fourth-order valence-electron chi connectivity index (χ4n) is 11.8. The van der Waals surface area contributed by atoms with Gasteiger partial charge >= 0.3 is 12.1 Å². The Hall–Kier alpha value is -3.66. The number of nitrogens with two attached hydrogens (primary N) is 3. The third-order valence-corrected chi connectivity index (χ3v) is 14.3. The molecule has 8 rings (SSSR count). The average Bonchev–Trinajstić information content (AvgIpc) is 3.86. The maximum atomic E-state index is 13.6. The number of hydrogen-bond acceptors (Lipinski definition) is 8. The number of aliphatic hydroxyl groups is 1. The number of nitrogens with zero attached hydrogens (tertiary/aromatic N) is 2. The van der Waals surface area contributed by atoms with Crippen molar-refractivity contribution in [2.24, 2.45) is 34.5 Å². The van der Waals surface area contributed by atoms with Gasteiger partial charge in [-0.15, -0.1) is 0 Å². The Labute approximate surface area is 318 Å². The summed E-state index contributed by atoms with van der Waals surface area (Å²) in [5, 5.41) is 17.2. The molecule has 1 aromatic rings. The summed E-state index contributed by atoms with van der Waals surface area (Å²) in [6, 6.07) is 3.60. The zero-order valence-electron chi connectivity index (χ0n) is 32.7. The summed E-state index contributed by atoms with van der Waals surface area (Å²) in [7, 11) is 5.87. The van der Waals surface area contributed by atoms with Crippen molar-refractivity contribution in [3.63, 3.8) is 0 Å². The van der Waals surface area contributed by atoms with Crippen LogP contribution in [0.15, 0.2) is 12.1 Å². The Kier molecular flexibility index (Phi) is 9.88. The third-order valence-electron chi connectivity index (χ3n) is 14.3. The highest BCUT2D eigenvalue weighted by molar-refractivity contribution is 5.88. The van der Waals surface area contributed by atoms with Gasteiger partial charge in [-0.3, -0.25) is 26.0 Å². The van der Waals surface area contributed by atoms with Crippen LogP contribution in [0.4, 0.5) is 4.79 Å². The summed E-state index contributed by atoms with van der Waals surface area (Å²) < 4.78 is 21.0. The molecule has 1 aromatic carbocycles. The molecule has 3 amide bonds. The van der Waals surface area contributed by atoms with Crippen molar-refractivity contribution in [2.75, 3.05) is 60.5 Å². The lowest BCUT2D eigenvalue weighted by atomic mass is 9.33. The third kappa shape index (κ3) is 6.09. The zero-order valence-corrected chi connectivity index (χ0v) is 32.7. The molecule has 1 unspecified atom stereocenters. The van der Waals surface area contributed by atoms with Gasteiger partial charge in [0, 0.05) is 62.9 Å². The number of ether oxygens (including phenoxy) is 3. The van der Waals surface area contributed by atoms with E-state index in [9.17, 15) is 19.5 Å². The number of piperidine rings is 1. The van der Waals surface area contributed by atoms with E-state index in [4.69, 9.17) is 31.4 Å². The van der Waals surface area contributed by atoms with Crippen molar-refractivity contribution in [3.05, 3.63) is 23.3 Å². The minimum absolute atomic E-state index is 0.0774. The topological polar surface area (TPSA) is 218 Å². The van der Waals surface area contributed by atoms with E-state index in [-0.39, 0.29) is 54.4 Å². The fourth-order valence-corrected chi connectivity index (χ4v) is 11.8. The summed E-state index contributed by atoms with van der Waals surface area (Å²) in [6.07, 6.45) is 7.18. The molecule has 2 aliphatic heterocycles. The predicted molar refractivity (Wildman–Crippen MR) is 200 cm³/mol. The molecule has 4 saturated carbocycles. The number of nitrogens with one attached hydrogen (secondary N) is 3. The van der Waals surface area contributed by atoms with Gasteiger partial charge in [-0.1, -0.05) is 6.07 Å². The van der Waals surface area contributed by atoms with Crippen LogP contribution >= 0.6 is 0 Å². The molecular weight excluding hydrogens is 692 g/mol. The number of guanidine groups is 1. The summed E-state index contributed by atoms with van der Waals surface area (Å²) >= 11 is 0. The molecule has 8 atom stereocenters. The van der Waals surface area contributed by atoms with Crippen LogP contribution < -0.4 is 42.3 Å². The zero-order chi connectivity index (χ0) is 38.8. The van der Waals surface area contributed by atoms with Crippen LogP contribution in [0, 0.1) is 17.3 Å². The maximum absolute atomic E-state index is 13.6. The number of carbonyl (C=O) groups excluding carboxylic acids is 3. The standard InChI is InChI=1S/C39H60N8O7/c1-36(2,51)27-20-37-12-13-39(27,52-5)33-38(37)14-18-47(4,22-23-8-9-23)28(37)19-24-10-11-26(31(54-33)30(24)38)53-35(50)46(3)17-16-43-32(49)25(45-29(48)21-40)7-6-15-44-34(41)42/h10-11,23,25,27-28,33,51H,6-9,12-22,40H2,1-5H3,(H5-,41,42,43,44,45,48,49)/p+2/t25-,27+,28-,33+,37+,38-,39+,47?/m0/s1. The van der Waals surface area contributed by atoms with Gasteiger partial charge in [0.15, 0.2) is 11.5 Å². The Balaban J connectivity index is 1.11. The molecule has 2 heterocycles. The lowest BCUT2D eigenvalue weighted by molar-refractivity contribution is -0.952. The number of hydrogen-bond donors (Lipinski definition) is 7. The van der Waals surface area contributed by atoms with Gasteiger partial charge < -0.3 is 45.1 Å². The minimum atomic E-state index is -0.976. The molecule has 1 saturated heterocycles. The van der Waals surface area contributed by atoms with Gasteiger partial charge in [-0.2, -0.15) is 0 Å². The van der Waals surface area contributed by atoms with Gasteiger partial charge in [-0.25, -0.2) is 4.79 Å². The van der Waals surface area contributed by atoms with Crippen LogP contribution in [0.2, 0.25) is 0 Å². The molecule has 2 spiro atoms. The lowest BCUT2D eigenvalue weighted by Gasteiger charge is -2.75. The monoisotopic (exact) mass is 754 g/mol. The number of benzene rings is 1. The van der Waals surface area contributed by atoms with Gasteiger partial charge in [0.1, 0.15) is 17.7 Å². The molecule has 4 bridgehead atoms. The minimum Gasteiger partial charge on any atom is -0.482 e. The molecule has 7 aliphatic rings. The second kappa shape index (κ2) is 13.8. The Morgan fingerprint density at radius 2 is 1.96 bits per heavy atom. The fraction of sp³-hybridized carbons (Fsp3) is 0.744. The normalized spacial score (nSPS) is 33.2. The van der Waals surface area contributed by atoms with Crippen molar-refractivity contribution in [1.29, 1.82) is 0 Å². The number of quaternary nitrogens is 1. The van der Waals surface area contributed by atoms with E-state index in [0.29, 0.717) is 36.9 Å².